The molecule has 0 saturated carbocycles. The number of ether oxygens (including phenoxy) is 1. The number of hydrogen-bond acceptors (Lipinski definition) is 4. The highest BCUT2D eigenvalue weighted by atomic mass is 16.5. The van der Waals surface area contributed by atoms with Crippen LogP contribution in [0.5, 0.6) is 5.75 Å². The number of piperidine rings is 1. The number of hydrogen-bond donors (Lipinski definition) is 2. The standard InChI is InChI=1S/C18H23N3O4/c1-11(22)21-6-5-12(8-18(23)24)13(10-21)7-17-19-15-4-3-14(25-2)9-16(15)20-17/h3-4,9,12-13H,5-8,10H2,1-2H3,(H,19,20)(H,23,24). The Kier molecular flexibility index (Phi) is 4.92. The number of fused-ring (bicyclic) bond motifs is 1. The Bertz CT molecular complexity index is 786. The van der Waals surface area contributed by atoms with E-state index in [1.807, 2.05) is 18.2 Å². The number of carboxylic acid groups (broad SMARTS) is 1. The van der Waals surface area contributed by atoms with Gasteiger partial charge in [-0.05, 0) is 30.4 Å². The second-order valence-electron chi connectivity index (χ2n) is 6.64. The van der Waals surface area contributed by atoms with Crippen molar-refractivity contribution in [2.45, 2.75) is 26.2 Å². The Balaban J connectivity index is 1.81. The number of carbonyl (C=O) groups excluding carboxylic acids is 1. The van der Waals surface area contributed by atoms with E-state index >= 15 is 0 Å². The second kappa shape index (κ2) is 7.13. The van der Waals surface area contributed by atoms with Crippen LogP contribution in [0, 0.1) is 11.8 Å². The molecule has 0 aliphatic carbocycles. The van der Waals surface area contributed by atoms with Gasteiger partial charge in [-0.2, -0.15) is 0 Å². The second-order valence-corrected chi connectivity index (χ2v) is 6.64. The number of nitrogens with one attached hydrogen (secondary N) is 1. The molecular weight excluding hydrogens is 322 g/mol. The molecule has 1 fully saturated rings. The Morgan fingerprint density at radius 1 is 1.40 bits per heavy atom. The Labute approximate surface area is 146 Å². The predicted octanol–water partition coefficient (Wildman–Crippen LogP) is 2.07. The van der Waals surface area contributed by atoms with Gasteiger partial charge in [0.15, 0.2) is 0 Å². The van der Waals surface area contributed by atoms with Crippen molar-refractivity contribution in [3.63, 3.8) is 0 Å². The molecule has 2 N–H and O–H groups in total. The van der Waals surface area contributed by atoms with E-state index in [4.69, 9.17) is 4.74 Å². The molecule has 1 saturated heterocycles. The van der Waals surface area contributed by atoms with Crippen LogP contribution in [-0.4, -0.2) is 52.1 Å². The summed E-state index contributed by atoms with van der Waals surface area (Å²) in [5.74, 6) is 0.946. The zero-order valence-electron chi connectivity index (χ0n) is 14.5. The van der Waals surface area contributed by atoms with Gasteiger partial charge in [-0.1, -0.05) is 0 Å². The van der Waals surface area contributed by atoms with Crippen LogP contribution >= 0.6 is 0 Å². The summed E-state index contributed by atoms with van der Waals surface area (Å²) in [6, 6.07) is 5.65. The van der Waals surface area contributed by atoms with Crippen LogP contribution in [0.2, 0.25) is 0 Å². The van der Waals surface area contributed by atoms with Gasteiger partial charge in [0.05, 0.1) is 18.1 Å². The van der Waals surface area contributed by atoms with Crippen LogP contribution in [0.3, 0.4) is 0 Å². The van der Waals surface area contributed by atoms with E-state index in [9.17, 15) is 14.7 Å². The van der Waals surface area contributed by atoms with Gasteiger partial charge in [0.25, 0.3) is 0 Å². The monoisotopic (exact) mass is 345 g/mol. The minimum absolute atomic E-state index is 0.0353. The van der Waals surface area contributed by atoms with Crippen LogP contribution in [0.25, 0.3) is 11.0 Å². The number of likely N-dealkylation sites (tertiary alicyclic amines) is 1. The lowest BCUT2D eigenvalue weighted by Gasteiger charge is -2.37. The number of carboxylic acids is 1. The molecule has 2 aromatic rings. The molecule has 1 aromatic heterocycles. The summed E-state index contributed by atoms with van der Waals surface area (Å²) >= 11 is 0. The van der Waals surface area contributed by atoms with Crippen LogP contribution < -0.4 is 4.74 Å². The molecular formula is C18H23N3O4. The molecule has 3 rings (SSSR count). The van der Waals surface area contributed by atoms with Gasteiger partial charge < -0.3 is 19.7 Å². The Hall–Kier alpha value is -2.57. The summed E-state index contributed by atoms with van der Waals surface area (Å²) in [5.41, 5.74) is 1.74. The number of carbonyl (C=O) groups is 2. The number of aromatic amines is 1. The fourth-order valence-electron chi connectivity index (χ4n) is 3.60. The highest BCUT2D eigenvalue weighted by Gasteiger charge is 2.32. The normalized spacial score (nSPS) is 20.6. The molecule has 0 bridgehead atoms. The lowest BCUT2D eigenvalue weighted by molar-refractivity contribution is -0.139. The third kappa shape index (κ3) is 3.92. The van der Waals surface area contributed by atoms with E-state index in [1.54, 1.807) is 18.9 Å². The minimum atomic E-state index is -0.791. The van der Waals surface area contributed by atoms with Crippen molar-refractivity contribution in [3.8, 4) is 5.75 Å². The van der Waals surface area contributed by atoms with E-state index in [0.29, 0.717) is 25.9 Å². The van der Waals surface area contributed by atoms with Gasteiger partial charge in [-0.25, -0.2) is 4.98 Å². The van der Waals surface area contributed by atoms with E-state index in [-0.39, 0.29) is 24.2 Å². The number of nitrogens with zero attached hydrogens (tertiary/aromatic N) is 2. The van der Waals surface area contributed by atoms with Gasteiger partial charge in [-0.3, -0.25) is 9.59 Å². The number of benzene rings is 1. The maximum atomic E-state index is 11.7. The highest BCUT2D eigenvalue weighted by Crippen LogP contribution is 2.30. The maximum Gasteiger partial charge on any atom is 0.303 e. The summed E-state index contributed by atoms with van der Waals surface area (Å²) in [6.07, 6.45) is 1.47. The van der Waals surface area contributed by atoms with Crippen molar-refractivity contribution in [1.82, 2.24) is 14.9 Å². The van der Waals surface area contributed by atoms with Crippen LogP contribution in [-0.2, 0) is 16.0 Å². The molecule has 2 atom stereocenters. The summed E-state index contributed by atoms with van der Waals surface area (Å²) in [7, 11) is 1.62. The van der Waals surface area contributed by atoms with Crippen molar-refractivity contribution in [3.05, 3.63) is 24.0 Å². The number of aromatic nitrogens is 2. The SMILES string of the molecule is COc1ccc2nc(CC3CN(C(C)=O)CCC3CC(=O)O)[nH]c2c1. The van der Waals surface area contributed by atoms with Crippen molar-refractivity contribution in [2.75, 3.05) is 20.2 Å². The van der Waals surface area contributed by atoms with Gasteiger partial charge in [0, 0.05) is 38.9 Å². The molecule has 25 heavy (non-hydrogen) atoms. The van der Waals surface area contributed by atoms with Gasteiger partial charge in [0.2, 0.25) is 5.91 Å². The smallest absolute Gasteiger partial charge is 0.303 e. The summed E-state index contributed by atoms with van der Waals surface area (Å²) in [4.78, 5) is 32.6. The topological polar surface area (TPSA) is 95.5 Å². The van der Waals surface area contributed by atoms with Gasteiger partial charge >= 0.3 is 5.97 Å². The van der Waals surface area contributed by atoms with Crippen molar-refractivity contribution in [2.24, 2.45) is 11.8 Å². The number of imidazole rings is 1. The molecule has 1 amide bonds. The molecule has 2 heterocycles. The molecule has 1 aromatic carbocycles. The van der Waals surface area contributed by atoms with E-state index in [0.717, 1.165) is 22.6 Å². The quantitative estimate of drug-likeness (QED) is 0.865. The number of methoxy groups -OCH3 is 1. The molecule has 0 radical (unpaired) electrons. The number of amides is 1. The zero-order chi connectivity index (χ0) is 18.0. The summed E-state index contributed by atoms with van der Waals surface area (Å²) in [5, 5.41) is 9.18. The highest BCUT2D eigenvalue weighted by molar-refractivity contribution is 5.77. The molecule has 134 valence electrons. The molecule has 1 aliphatic heterocycles. The summed E-state index contributed by atoms with van der Waals surface area (Å²) < 4.78 is 5.23. The first-order chi connectivity index (χ1) is 12.0. The summed E-state index contributed by atoms with van der Waals surface area (Å²) in [6.45, 7) is 2.76. The van der Waals surface area contributed by atoms with E-state index in [1.165, 1.54) is 0 Å². The first-order valence-corrected chi connectivity index (χ1v) is 8.46. The Morgan fingerprint density at radius 2 is 2.20 bits per heavy atom. The predicted molar refractivity (Wildman–Crippen MR) is 92.5 cm³/mol. The van der Waals surface area contributed by atoms with E-state index < -0.39 is 5.97 Å². The number of rotatable bonds is 5. The Morgan fingerprint density at radius 3 is 2.88 bits per heavy atom. The van der Waals surface area contributed by atoms with Gasteiger partial charge in [-0.15, -0.1) is 0 Å². The molecule has 2 unspecified atom stereocenters. The minimum Gasteiger partial charge on any atom is -0.497 e. The third-order valence-electron chi connectivity index (χ3n) is 4.97. The average Bonchev–Trinajstić information content (AvgIpc) is 2.97. The first kappa shape index (κ1) is 17.3. The molecule has 1 aliphatic rings. The van der Waals surface area contributed by atoms with Crippen molar-refractivity contribution in [1.29, 1.82) is 0 Å². The zero-order valence-corrected chi connectivity index (χ0v) is 14.5. The van der Waals surface area contributed by atoms with Crippen molar-refractivity contribution >= 4 is 22.9 Å². The maximum absolute atomic E-state index is 11.7. The fourth-order valence-corrected chi connectivity index (χ4v) is 3.60. The van der Waals surface area contributed by atoms with Crippen LogP contribution in [0.15, 0.2) is 18.2 Å². The van der Waals surface area contributed by atoms with E-state index in [2.05, 4.69) is 9.97 Å². The van der Waals surface area contributed by atoms with Crippen LogP contribution in [0.1, 0.15) is 25.6 Å². The first-order valence-electron chi connectivity index (χ1n) is 8.46. The number of H-pyrrole nitrogens is 1. The number of aliphatic carboxylic acids is 1. The van der Waals surface area contributed by atoms with Crippen molar-refractivity contribution < 1.29 is 19.4 Å². The molecule has 0 spiro atoms. The third-order valence-corrected chi connectivity index (χ3v) is 4.97. The largest absolute Gasteiger partial charge is 0.497 e. The molecule has 7 heteroatoms. The van der Waals surface area contributed by atoms with Crippen LogP contribution in [0.4, 0.5) is 0 Å². The van der Waals surface area contributed by atoms with Gasteiger partial charge in [0.1, 0.15) is 11.6 Å². The average molecular weight is 345 g/mol. The lowest BCUT2D eigenvalue weighted by Crippen LogP contribution is -2.44. The molecule has 7 nitrogen and oxygen atoms in total. The lowest BCUT2D eigenvalue weighted by atomic mass is 9.81. The fraction of sp³-hybridized carbons (Fsp3) is 0.500.